The molecule has 0 aromatic carbocycles. The van der Waals surface area contributed by atoms with Gasteiger partial charge in [0, 0.05) is 5.92 Å². The third-order valence-electron chi connectivity index (χ3n) is 3.55. The molecule has 1 aliphatic carbocycles. The Morgan fingerprint density at radius 3 is 2.00 bits per heavy atom. The average molecular weight is 298 g/mol. The predicted octanol–water partition coefficient (Wildman–Crippen LogP) is 2.66. The summed E-state index contributed by atoms with van der Waals surface area (Å²) >= 11 is 0. The zero-order valence-electron chi connectivity index (χ0n) is 13.4. The van der Waals surface area contributed by atoms with Crippen LogP contribution in [0.3, 0.4) is 0 Å². The van der Waals surface area contributed by atoms with Gasteiger partial charge in [0.15, 0.2) is 0 Å². The van der Waals surface area contributed by atoms with Crippen molar-refractivity contribution in [3.05, 3.63) is 0 Å². The molecule has 0 heterocycles. The molecule has 21 heavy (non-hydrogen) atoms. The smallest absolute Gasteiger partial charge is 0.313 e. The molecular formula is C16H26O5. The van der Waals surface area contributed by atoms with Crippen molar-refractivity contribution in [2.45, 2.75) is 65.4 Å². The van der Waals surface area contributed by atoms with Crippen LogP contribution >= 0.6 is 0 Å². The molecule has 0 saturated heterocycles. The average Bonchev–Trinajstić information content (AvgIpc) is 2.37. The van der Waals surface area contributed by atoms with Gasteiger partial charge < -0.3 is 9.47 Å². The fraction of sp³-hybridized carbons (Fsp3) is 0.812. The summed E-state index contributed by atoms with van der Waals surface area (Å²) in [4.78, 5) is 35.3. The van der Waals surface area contributed by atoms with E-state index in [9.17, 15) is 14.4 Å². The first-order valence-electron chi connectivity index (χ1n) is 7.64. The SMILES string of the molecule is CCOC(=O)CC(=O)[C@H]1CC[C@H](C(=O)OC(C)(C)C)CC1. The van der Waals surface area contributed by atoms with E-state index in [1.54, 1.807) is 6.92 Å². The lowest BCUT2D eigenvalue weighted by molar-refractivity contribution is -0.162. The first-order valence-corrected chi connectivity index (χ1v) is 7.64. The Bertz CT molecular complexity index is 386. The van der Waals surface area contributed by atoms with Crippen LogP contribution in [0.15, 0.2) is 0 Å². The molecule has 0 spiro atoms. The normalized spacial score (nSPS) is 22.5. The molecule has 1 saturated carbocycles. The van der Waals surface area contributed by atoms with Gasteiger partial charge in [-0.3, -0.25) is 14.4 Å². The molecule has 0 radical (unpaired) electrons. The van der Waals surface area contributed by atoms with Gasteiger partial charge in [-0.15, -0.1) is 0 Å². The van der Waals surface area contributed by atoms with E-state index in [2.05, 4.69) is 0 Å². The van der Waals surface area contributed by atoms with Crippen LogP contribution < -0.4 is 0 Å². The fourth-order valence-corrected chi connectivity index (χ4v) is 2.53. The van der Waals surface area contributed by atoms with Crippen LogP contribution in [0.1, 0.15) is 59.8 Å². The number of ketones is 1. The number of rotatable bonds is 5. The third-order valence-corrected chi connectivity index (χ3v) is 3.55. The van der Waals surface area contributed by atoms with E-state index in [0.717, 1.165) is 0 Å². The van der Waals surface area contributed by atoms with Crippen LogP contribution in [0.2, 0.25) is 0 Å². The Hall–Kier alpha value is -1.39. The lowest BCUT2D eigenvalue weighted by Gasteiger charge is -2.29. The first kappa shape index (κ1) is 17.7. The van der Waals surface area contributed by atoms with Gasteiger partial charge in [-0.2, -0.15) is 0 Å². The highest BCUT2D eigenvalue weighted by Gasteiger charge is 2.32. The quantitative estimate of drug-likeness (QED) is 0.576. The topological polar surface area (TPSA) is 69.7 Å². The Labute approximate surface area is 126 Å². The summed E-state index contributed by atoms with van der Waals surface area (Å²) in [6, 6.07) is 0. The van der Waals surface area contributed by atoms with Crippen LogP contribution in [-0.2, 0) is 23.9 Å². The second-order valence-electron chi connectivity index (χ2n) is 6.53. The molecule has 1 fully saturated rings. The largest absolute Gasteiger partial charge is 0.466 e. The summed E-state index contributed by atoms with van der Waals surface area (Å²) in [6.07, 6.45) is 2.42. The number of hydrogen-bond acceptors (Lipinski definition) is 5. The minimum Gasteiger partial charge on any atom is -0.466 e. The first-order chi connectivity index (χ1) is 9.73. The zero-order valence-corrected chi connectivity index (χ0v) is 13.4. The van der Waals surface area contributed by atoms with E-state index in [0.29, 0.717) is 25.7 Å². The van der Waals surface area contributed by atoms with Crippen molar-refractivity contribution < 1.29 is 23.9 Å². The Kier molecular flexibility index (Phi) is 6.37. The standard InChI is InChI=1S/C16H26O5/c1-5-20-14(18)10-13(17)11-6-8-12(9-7-11)15(19)21-16(2,3)4/h11-12H,5-10H2,1-4H3/t11-,12-. The van der Waals surface area contributed by atoms with Crippen LogP contribution in [0.4, 0.5) is 0 Å². The van der Waals surface area contributed by atoms with Crippen molar-refractivity contribution in [2.24, 2.45) is 11.8 Å². The molecule has 0 amide bonds. The van der Waals surface area contributed by atoms with Gasteiger partial charge in [-0.25, -0.2) is 0 Å². The maximum atomic E-state index is 12.0. The van der Waals surface area contributed by atoms with Gasteiger partial charge in [-0.05, 0) is 53.4 Å². The zero-order chi connectivity index (χ0) is 16.0. The number of hydrogen-bond donors (Lipinski definition) is 0. The van der Waals surface area contributed by atoms with E-state index in [-0.39, 0.29) is 36.6 Å². The van der Waals surface area contributed by atoms with Crippen molar-refractivity contribution in [1.29, 1.82) is 0 Å². The molecule has 0 atom stereocenters. The monoisotopic (exact) mass is 298 g/mol. The van der Waals surface area contributed by atoms with Gasteiger partial charge in [-0.1, -0.05) is 0 Å². The number of ether oxygens (including phenoxy) is 2. The molecule has 1 rings (SSSR count). The molecule has 0 aromatic rings. The summed E-state index contributed by atoms with van der Waals surface area (Å²) in [5.41, 5.74) is -0.479. The van der Waals surface area contributed by atoms with E-state index in [1.807, 2.05) is 20.8 Å². The Morgan fingerprint density at radius 2 is 1.52 bits per heavy atom. The van der Waals surface area contributed by atoms with Crippen molar-refractivity contribution in [2.75, 3.05) is 6.61 Å². The van der Waals surface area contributed by atoms with Crippen molar-refractivity contribution >= 4 is 17.7 Å². The van der Waals surface area contributed by atoms with Crippen LogP contribution in [-0.4, -0.2) is 29.9 Å². The highest BCUT2D eigenvalue weighted by Crippen LogP contribution is 2.31. The molecule has 120 valence electrons. The highest BCUT2D eigenvalue weighted by molar-refractivity contribution is 5.96. The van der Waals surface area contributed by atoms with Gasteiger partial charge >= 0.3 is 11.9 Å². The summed E-state index contributed by atoms with van der Waals surface area (Å²) in [5, 5.41) is 0. The number of carbonyl (C=O) groups excluding carboxylic acids is 3. The third kappa shape index (κ3) is 6.27. The second kappa shape index (κ2) is 7.57. The fourth-order valence-electron chi connectivity index (χ4n) is 2.53. The van der Waals surface area contributed by atoms with E-state index in [1.165, 1.54) is 0 Å². The van der Waals surface area contributed by atoms with Gasteiger partial charge in [0.2, 0.25) is 0 Å². The molecule has 0 bridgehead atoms. The second-order valence-corrected chi connectivity index (χ2v) is 6.53. The van der Waals surface area contributed by atoms with Crippen LogP contribution in [0.5, 0.6) is 0 Å². The predicted molar refractivity (Wildman–Crippen MR) is 77.6 cm³/mol. The van der Waals surface area contributed by atoms with Gasteiger partial charge in [0.25, 0.3) is 0 Å². The van der Waals surface area contributed by atoms with E-state index < -0.39 is 11.6 Å². The molecule has 0 unspecified atom stereocenters. The van der Waals surface area contributed by atoms with E-state index >= 15 is 0 Å². The Balaban J connectivity index is 2.40. The summed E-state index contributed by atoms with van der Waals surface area (Å²) in [6.45, 7) is 7.55. The number of Topliss-reactive ketones (excluding diaryl/α,β-unsaturated/α-hetero) is 1. The van der Waals surface area contributed by atoms with Crippen molar-refractivity contribution in [3.8, 4) is 0 Å². The van der Waals surface area contributed by atoms with E-state index in [4.69, 9.17) is 9.47 Å². The van der Waals surface area contributed by atoms with Crippen molar-refractivity contribution in [1.82, 2.24) is 0 Å². The highest BCUT2D eigenvalue weighted by atomic mass is 16.6. The number of carbonyl (C=O) groups is 3. The Morgan fingerprint density at radius 1 is 1.00 bits per heavy atom. The minimum atomic E-state index is -0.479. The summed E-state index contributed by atoms with van der Waals surface area (Å²) in [5.74, 6) is -0.976. The maximum Gasteiger partial charge on any atom is 0.313 e. The molecule has 5 nitrogen and oxygen atoms in total. The molecule has 0 aromatic heterocycles. The maximum absolute atomic E-state index is 12.0. The lowest BCUT2D eigenvalue weighted by Crippen LogP contribution is -2.32. The minimum absolute atomic E-state index is 0.0731. The lowest BCUT2D eigenvalue weighted by atomic mass is 9.79. The summed E-state index contributed by atoms with van der Waals surface area (Å²) in [7, 11) is 0. The van der Waals surface area contributed by atoms with Crippen LogP contribution in [0, 0.1) is 11.8 Å². The molecule has 1 aliphatic rings. The number of esters is 2. The van der Waals surface area contributed by atoms with Gasteiger partial charge in [0.1, 0.15) is 17.8 Å². The molecule has 0 N–H and O–H groups in total. The molecular weight excluding hydrogens is 272 g/mol. The molecule has 5 heteroatoms. The summed E-state index contributed by atoms with van der Waals surface area (Å²) < 4.78 is 10.2. The van der Waals surface area contributed by atoms with Gasteiger partial charge in [0.05, 0.1) is 12.5 Å². The van der Waals surface area contributed by atoms with Crippen molar-refractivity contribution in [3.63, 3.8) is 0 Å². The molecule has 0 aliphatic heterocycles. The van der Waals surface area contributed by atoms with Crippen LogP contribution in [0.25, 0.3) is 0 Å².